The van der Waals surface area contributed by atoms with Crippen molar-refractivity contribution in [1.82, 2.24) is 18.9 Å². The molecule has 0 bridgehead atoms. The molecule has 1 fully saturated rings. The molecular weight excluding hydrogens is 480 g/mol. The second-order valence-electron chi connectivity index (χ2n) is 9.70. The molecule has 2 heterocycles. The van der Waals surface area contributed by atoms with Gasteiger partial charge in [0.25, 0.3) is 0 Å². The van der Waals surface area contributed by atoms with Crippen LogP contribution in [-0.4, -0.2) is 71.4 Å². The van der Waals surface area contributed by atoms with Crippen molar-refractivity contribution in [2.75, 3.05) is 46.2 Å². The number of anilines is 1. The van der Waals surface area contributed by atoms with Crippen molar-refractivity contribution in [1.29, 1.82) is 5.41 Å². The predicted molar refractivity (Wildman–Crippen MR) is 156 cm³/mol. The van der Waals surface area contributed by atoms with Crippen molar-refractivity contribution in [3.8, 4) is 11.4 Å². The number of hydrogen-bond donors (Lipinski definition) is 2. The lowest BCUT2D eigenvalue weighted by Crippen LogP contribution is -2.31. The van der Waals surface area contributed by atoms with Crippen molar-refractivity contribution in [2.45, 2.75) is 53.0 Å². The molecule has 1 saturated heterocycles. The Bertz CT molecular complexity index is 1210. The number of unbranched alkanes of at least 4 members (excludes halogenated alkanes) is 1. The molecule has 9 nitrogen and oxygen atoms in total. The first kappa shape index (κ1) is 30.6. The number of hydrogen-bond acceptors (Lipinski definition) is 6. The monoisotopic (exact) mass is 524 g/mol. The van der Waals surface area contributed by atoms with E-state index in [1.54, 1.807) is 35.6 Å². The van der Waals surface area contributed by atoms with E-state index in [-0.39, 0.29) is 23.4 Å². The molecule has 0 spiro atoms. The number of likely N-dealkylation sites (tertiary alicyclic amines) is 1. The molecule has 1 aliphatic rings. The number of imidazole rings is 1. The van der Waals surface area contributed by atoms with E-state index in [9.17, 15) is 9.59 Å². The fourth-order valence-corrected chi connectivity index (χ4v) is 4.25. The Kier molecular flexibility index (Phi) is 11.6. The summed E-state index contributed by atoms with van der Waals surface area (Å²) in [6.07, 6.45) is 8.20. The summed E-state index contributed by atoms with van der Waals surface area (Å²) in [7, 11) is 5.47. The van der Waals surface area contributed by atoms with Gasteiger partial charge in [-0.3, -0.25) is 13.9 Å². The number of carbonyl (C=O) groups excluding carboxylic acids is 1. The molecular formula is C29H44N6O3. The molecule has 1 unspecified atom stereocenters. The SMILES string of the molecule is C=CNc1c(C(C)=N)n(-c2ccc(C)c(OC)c2)c(=O)n1C1CCN(C(=O)/C=C/CN(C)C)C1.CCCC. The van der Waals surface area contributed by atoms with Gasteiger partial charge in [0.2, 0.25) is 5.91 Å². The van der Waals surface area contributed by atoms with Crippen molar-refractivity contribution < 1.29 is 9.53 Å². The molecule has 1 aliphatic heterocycles. The normalized spacial score (nSPS) is 14.9. The number of amides is 1. The van der Waals surface area contributed by atoms with Gasteiger partial charge in [-0.15, -0.1) is 0 Å². The zero-order valence-corrected chi connectivity index (χ0v) is 24.0. The number of benzene rings is 1. The van der Waals surface area contributed by atoms with Gasteiger partial charge in [0, 0.05) is 31.8 Å². The first-order chi connectivity index (χ1) is 18.1. The third-order valence-corrected chi connectivity index (χ3v) is 6.40. The maximum Gasteiger partial charge on any atom is 0.335 e. The summed E-state index contributed by atoms with van der Waals surface area (Å²) < 4.78 is 8.63. The van der Waals surface area contributed by atoms with Crippen LogP contribution in [0.2, 0.25) is 0 Å². The van der Waals surface area contributed by atoms with Crippen LogP contribution < -0.4 is 15.7 Å². The summed E-state index contributed by atoms with van der Waals surface area (Å²) in [5.41, 5.74) is 1.96. The van der Waals surface area contributed by atoms with Crippen molar-refractivity contribution >= 4 is 17.4 Å². The number of aromatic nitrogens is 2. The van der Waals surface area contributed by atoms with E-state index in [4.69, 9.17) is 10.1 Å². The number of likely N-dealkylation sites (N-methyl/N-ethyl adjacent to an activating group) is 1. The molecule has 2 aromatic rings. The van der Waals surface area contributed by atoms with E-state index in [1.807, 2.05) is 44.1 Å². The fraction of sp³-hybridized carbons (Fsp3) is 0.483. The smallest absolute Gasteiger partial charge is 0.335 e. The van der Waals surface area contributed by atoms with E-state index in [0.29, 0.717) is 49.0 Å². The summed E-state index contributed by atoms with van der Waals surface area (Å²) >= 11 is 0. The quantitative estimate of drug-likeness (QED) is 0.350. The highest BCUT2D eigenvalue weighted by molar-refractivity contribution is 6.00. The van der Waals surface area contributed by atoms with Crippen LogP contribution >= 0.6 is 0 Å². The lowest BCUT2D eigenvalue weighted by Gasteiger charge is -2.17. The third-order valence-electron chi connectivity index (χ3n) is 6.40. The second kappa shape index (κ2) is 14.4. The minimum absolute atomic E-state index is 0.0678. The highest BCUT2D eigenvalue weighted by Crippen LogP contribution is 2.30. The molecule has 2 N–H and O–H groups in total. The van der Waals surface area contributed by atoms with Crippen molar-refractivity contribution in [3.05, 3.63) is 64.9 Å². The summed E-state index contributed by atoms with van der Waals surface area (Å²) in [5.74, 6) is 1.09. The lowest BCUT2D eigenvalue weighted by atomic mass is 10.2. The van der Waals surface area contributed by atoms with Gasteiger partial charge in [-0.05, 0) is 52.2 Å². The lowest BCUT2D eigenvalue weighted by molar-refractivity contribution is -0.125. The number of rotatable bonds is 10. The number of aryl methyl sites for hydroxylation is 1. The first-order valence-corrected chi connectivity index (χ1v) is 13.2. The van der Waals surface area contributed by atoms with E-state index >= 15 is 0 Å². The summed E-state index contributed by atoms with van der Waals surface area (Å²) in [6, 6.07) is 5.30. The maximum atomic E-state index is 13.8. The minimum Gasteiger partial charge on any atom is -0.496 e. The molecule has 1 atom stereocenters. The topological polar surface area (TPSA) is 95.6 Å². The van der Waals surface area contributed by atoms with Gasteiger partial charge in [-0.1, -0.05) is 45.4 Å². The molecule has 1 aromatic heterocycles. The number of nitrogens with one attached hydrogen (secondary N) is 2. The predicted octanol–water partition coefficient (Wildman–Crippen LogP) is 4.60. The Hall–Kier alpha value is -3.59. The van der Waals surface area contributed by atoms with Crippen LogP contribution in [0.4, 0.5) is 5.82 Å². The van der Waals surface area contributed by atoms with E-state index in [1.165, 1.54) is 23.6 Å². The van der Waals surface area contributed by atoms with E-state index in [2.05, 4.69) is 25.7 Å². The summed E-state index contributed by atoms with van der Waals surface area (Å²) in [4.78, 5) is 30.2. The van der Waals surface area contributed by atoms with Crippen LogP contribution in [0.3, 0.4) is 0 Å². The zero-order valence-electron chi connectivity index (χ0n) is 24.0. The Balaban J connectivity index is 0.00000118. The average Bonchev–Trinajstić information content (AvgIpc) is 3.47. The van der Waals surface area contributed by atoms with E-state index < -0.39 is 0 Å². The zero-order chi connectivity index (χ0) is 28.4. The minimum atomic E-state index is -0.278. The second-order valence-corrected chi connectivity index (χ2v) is 9.70. The van der Waals surface area contributed by atoms with Gasteiger partial charge in [0.1, 0.15) is 17.3 Å². The van der Waals surface area contributed by atoms with Gasteiger partial charge in [0.05, 0.1) is 24.6 Å². The Labute approximate surface area is 226 Å². The summed E-state index contributed by atoms with van der Waals surface area (Å²) in [5, 5.41) is 11.5. The molecule has 9 heteroatoms. The van der Waals surface area contributed by atoms with Crippen LogP contribution in [0.1, 0.15) is 57.3 Å². The summed E-state index contributed by atoms with van der Waals surface area (Å²) in [6.45, 7) is 13.3. The average molecular weight is 525 g/mol. The van der Waals surface area contributed by atoms with Crippen molar-refractivity contribution in [3.63, 3.8) is 0 Å². The van der Waals surface area contributed by atoms with E-state index in [0.717, 1.165) is 5.56 Å². The number of nitrogens with zero attached hydrogens (tertiary/aromatic N) is 4. The van der Waals surface area contributed by atoms with Crippen LogP contribution in [0.15, 0.2) is 47.9 Å². The molecule has 1 aromatic carbocycles. The standard InChI is InChI=1S/C25H34N6O3.C4H10/c1-7-27-24-23(18(3)26)30(19-11-10-17(2)21(15-19)34-6)25(33)31(24)20-12-14-29(16-20)22(32)9-8-13-28(4)5;1-3-4-2/h7-11,15,20,26-27H,1,12-14,16H2,2-6H3;3-4H2,1-2H3/b9-8+,26-18?;. The molecule has 0 radical (unpaired) electrons. The Morgan fingerprint density at radius 3 is 2.53 bits per heavy atom. The van der Waals surface area contributed by atoms with Gasteiger partial charge in [-0.25, -0.2) is 4.79 Å². The van der Waals surface area contributed by atoms with Crippen LogP contribution in [-0.2, 0) is 4.79 Å². The number of ether oxygens (including phenoxy) is 1. The van der Waals surface area contributed by atoms with Gasteiger partial charge in [-0.2, -0.15) is 0 Å². The van der Waals surface area contributed by atoms with Crippen LogP contribution in [0.25, 0.3) is 5.69 Å². The first-order valence-electron chi connectivity index (χ1n) is 13.2. The molecule has 38 heavy (non-hydrogen) atoms. The van der Waals surface area contributed by atoms with Gasteiger partial charge >= 0.3 is 5.69 Å². The highest BCUT2D eigenvalue weighted by Gasteiger charge is 2.32. The fourth-order valence-electron chi connectivity index (χ4n) is 4.25. The Morgan fingerprint density at radius 1 is 1.29 bits per heavy atom. The van der Waals surface area contributed by atoms with Crippen molar-refractivity contribution in [2.24, 2.45) is 0 Å². The number of methoxy groups -OCH3 is 1. The van der Waals surface area contributed by atoms with Crippen LogP contribution in [0.5, 0.6) is 5.75 Å². The highest BCUT2D eigenvalue weighted by atomic mass is 16.5. The van der Waals surface area contributed by atoms with Gasteiger partial charge in [0.15, 0.2) is 0 Å². The molecule has 3 rings (SSSR count). The molecule has 0 aliphatic carbocycles. The molecule has 0 saturated carbocycles. The van der Waals surface area contributed by atoms with Crippen LogP contribution in [0, 0.1) is 12.3 Å². The largest absolute Gasteiger partial charge is 0.496 e. The number of carbonyl (C=O) groups is 1. The molecule has 208 valence electrons. The van der Waals surface area contributed by atoms with Gasteiger partial charge < -0.3 is 25.3 Å². The maximum absolute atomic E-state index is 13.8. The molecule has 1 amide bonds. The third kappa shape index (κ3) is 7.25. The Morgan fingerprint density at radius 2 is 1.97 bits per heavy atom.